The van der Waals surface area contributed by atoms with Crippen LogP contribution in [0.4, 0.5) is 5.69 Å². The van der Waals surface area contributed by atoms with E-state index in [1.165, 1.54) is 0 Å². The van der Waals surface area contributed by atoms with E-state index in [9.17, 15) is 4.79 Å². The highest BCUT2D eigenvalue weighted by molar-refractivity contribution is 7.99. The van der Waals surface area contributed by atoms with E-state index in [4.69, 9.17) is 16.3 Å². The summed E-state index contributed by atoms with van der Waals surface area (Å²) in [4.78, 5) is 17.2. The first-order valence-corrected chi connectivity index (χ1v) is 13.2. The molecule has 178 valence electrons. The van der Waals surface area contributed by atoms with Crippen molar-refractivity contribution in [3.05, 3.63) is 136 Å². The monoisotopic (exact) mass is 509 g/mol. The van der Waals surface area contributed by atoms with E-state index in [1.807, 2.05) is 109 Å². The van der Waals surface area contributed by atoms with Crippen LogP contribution >= 0.6 is 23.4 Å². The highest BCUT2D eigenvalue weighted by atomic mass is 35.5. The second kappa shape index (κ2) is 9.20. The summed E-state index contributed by atoms with van der Waals surface area (Å²) in [5.74, 6) is 0.555. The lowest BCUT2D eigenvalue weighted by Crippen LogP contribution is -2.55. The number of rotatable bonds is 3. The number of anilines is 1. The van der Waals surface area contributed by atoms with Crippen LogP contribution in [0, 0.1) is 0 Å². The predicted molar refractivity (Wildman–Crippen MR) is 147 cm³/mol. The lowest BCUT2D eigenvalue weighted by Gasteiger charge is -2.48. The largest absolute Gasteiger partial charge is 0.462 e. The fraction of sp³-hybridized carbons (Fsp3) is 0.129. The van der Waals surface area contributed by atoms with Crippen LogP contribution < -0.4 is 4.90 Å². The Bertz CT molecular complexity index is 1470. The minimum absolute atomic E-state index is 0.0479. The molecule has 4 aromatic rings. The molecule has 0 saturated heterocycles. The number of nitrogens with zero attached hydrogens (tertiary/aromatic N) is 1. The normalized spacial score (nSPS) is 21.3. The molecular formula is C31H24ClNO2S. The molecule has 0 N–H and O–H groups in total. The van der Waals surface area contributed by atoms with Crippen LogP contribution in [0.15, 0.2) is 120 Å². The van der Waals surface area contributed by atoms with Crippen molar-refractivity contribution in [3.8, 4) is 0 Å². The van der Waals surface area contributed by atoms with Crippen LogP contribution in [-0.4, -0.2) is 5.91 Å². The van der Waals surface area contributed by atoms with Crippen molar-refractivity contribution in [1.82, 2.24) is 0 Å². The van der Waals surface area contributed by atoms with E-state index in [1.54, 1.807) is 11.8 Å². The van der Waals surface area contributed by atoms with Gasteiger partial charge in [-0.2, -0.15) is 0 Å². The zero-order valence-corrected chi connectivity index (χ0v) is 21.3. The van der Waals surface area contributed by atoms with E-state index in [2.05, 4.69) is 12.1 Å². The molecule has 0 aliphatic carbocycles. The Balaban J connectivity index is 1.64. The highest BCUT2D eigenvalue weighted by Crippen LogP contribution is 2.57. The molecule has 36 heavy (non-hydrogen) atoms. The van der Waals surface area contributed by atoms with Crippen LogP contribution in [0.5, 0.6) is 0 Å². The Morgan fingerprint density at radius 1 is 0.861 bits per heavy atom. The van der Waals surface area contributed by atoms with Gasteiger partial charge >= 0.3 is 0 Å². The summed E-state index contributed by atoms with van der Waals surface area (Å²) in [7, 11) is 0. The van der Waals surface area contributed by atoms with Gasteiger partial charge in [-0.1, -0.05) is 103 Å². The average Bonchev–Trinajstić information content (AvgIpc) is 3.07. The molecule has 0 unspecified atom stereocenters. The second-order valence-electron chi connectivity index (χ2n) is 9.01. The molecule has 0 aromatic heterocycles. The van der Waals surface area contributed by atoms with Gasteiger partial charge in [-0.3, -0.25) is 9.69 Å². The number of hydrogen-bond donors (Lipinski definition) is 0. The second-order valence-corrected chi connectivity index (χ2v) is 10.7. The van der Waals surface area contributed by atoms with Crippen LogP contribution in [0.25, 0.3) is 5.76 Å². The highest BCUT2D eigenvalue weighted by Gasteiger charge is 2.53. The summed E-state index contributed by atoms with van der Waals surface area (Å²) in [6.07, 6.45) is 0.523. The Morgan fingerprint density at radius 3 is 2.25 bits per heavy atom. The number of hydrogen-bond acceptors (Lipinski definition) is 3. The zero-order valence-electron chi connectivity index (χ0n) is 19.7. The van der Waals surface area contributed by atoms with E-state index in [0.717, 1.165) is 27.3 Å². The molecule has 4 aromatic carbocycles. The molecule has 6 rings (SSSR count). The number of carbonyl (C=O) groups excluding carboxylic acids is 1. The van der Waals surface area contributed by atoms with Crippen LogP contribution in [-0.2, 0) is 15.3 Å². The first kappa shape index (κ1) is 23.0. The van der Waals surface area contributed by atoms with Crippen molar-refractivity contribution in [3.63, 3.8) is 0 Å². The van der Waals surface area contributed by atoms with E-state index in [0.29, 0.717) is 22.8 Å². The number of amides is 1. The van der Waals surface area contributed by atoms with Gasteiger partial charge in [0.2, 0.25) is 5.72 Å². The zero-order chi connectivity index (χ0) is 24.7. The molecular weight excluding hydrogens is 486 g/mol. The summed E-state index contributed by atoms with van der Waals surface area (Å²) >= 11 is 8.46. The Hall–Kier alpha value is -3.47. The van der Waals surface area contributed by atoms with Gasteiger partial charge in [0.1, 0.15) is 5.76 Å². The van der Waals surface area contributed by atoms with Gasteiger partial charge < -0.3 is 4.74 Å². The van der Waals surface area contributed by atoms with Crippen molar-refractivity contribution in [1.29, 1.82) is 0 Å². The first-order chi connectivity index (χ1) is 17.6. The average molecular weight is 510 g/mol. The molecule has 2 atom stereocenters. The van der Waals surface area contributed by atoms with Crippen LogP contribution in [0.2, 0.25) is 5.02 Å². The molecule has 2 aliphatic rings. The summed E-state index contributed by atoms with van der Waals surface area (Å²) in [6.45, 7) is 1.85. The van der Waals surface area contributed by atoms with Crippen LogP contribution in [0.3, 0.4) is 0 Å². The third-order valence-electron chi connectivity index (χ3n) is 6.85. The molecule has 2 aliphatic heterocycles. The maximum atomic E-state index is 14.3. The predicted octanol–water partition coefficient (Wildman–Crippen LogP) is 8.22. The molecule has 0 fully saturated rings. The Morgan fingerprint density at radius 2 is 1.50 bits per heavy atom. The number of benzene rings is 4. The third kappa shape index (κ3) is 3.73. The molecule has 2 heterocycles. The van der Waals surface area contributed by atoms with E-state index in [-0.39, 0.29) is 11.2 Å². The van der Waals surface area contributed by atoms with E-state index < -0.39 is 5.72 Å². The molecule has 0 radical (unpaired) electrons. The lowest BCUT2D eigenvalue weighted by molar-refractivity contribution is -0.122. The van der Waals surface area contributed by atoms with Gasteiger partial charge in [-0.25, -0.2) is 0 Å². The van der Waals surface area contributed by atoms with Crippen molar-refractivity contribution in [2.75, 3.05) is 4.90 Å². The fourth-order valence-corrected chi connectivity index (χ4v) is 6.84. The van der Waals surface area contributed by atoms with E-state index >= 15 is 0 Å². The maximum absolute atomic E-state index is 14.3. The summed E-state index contributed by atoms with van der Waals surface area (Å²) in [5, 5.41) is 0.662. The van der Waals surface area contributed by atoms with Gasteiger partial charge in [0, 0.05) is 32.7 Å². The number of para-hydroxylation sites is 1. The molecule has 1 amide bonds. The minimum atomic E-state index is -1.06. The smallest absolute Gasteiger partial charge is 0.261 e. The van der Waals surface area contributed by atoms with Gasteiger partial charge in [0.25, 0.3) is 5.91 Å². The fourth-order valence-electron chi connectivity index (χ4n) is 5.12. The van der Waals surface area contributed by atoms with Gasteiger partial charge in [0.05, 0.1) is 11.3 Å². The third-order valence-corrected chi connectivity index (χ3v) is 8.50. The van der Waals surface area contributed by atoms with Crippen molar-refractivity contribution < 1.29 is 9.53 Å². The standard InChI is InChI=1S/C31H24ClNO2S/c1-21-29(22-12-4-2-5-13-22)35-31(23-14-6-3-7-15-23)20-28(24-16-8-9-17-25(24)32)36-27-19-11-10-18-26(27)33(31)30(21)34/h2-19,28H,20H2,1H3/t28-,31+/m1/s1. The van der Waals surface area contributed by atoms with Crippen molar-refractivity contribution in [2.45, 2.75) is 29.2 Å². The van der Waals surface area contributed by atoms with Crippen molar-refractivity contribution >= 4 is 40.7 Å². The number of thioether (sulfide) groups is 1. The first-order valence-electron chi connectivity index (χ1n) is 11.9. The molecule has 0 spiro atoms. The van der Waals surface area contributed by atoms with Gasteiger partial charge in [-0.05, 0) is 30.7 Å². The lowest BCUT2D eigenvalue weighted by atomic mass is 9.89. The Kier molecular flexibility index (Phi) is 5.87. The summed E-state index contributed by atoms with van der Waals surface area (Å²) in [5.41, 5.74) is 3.21. The molecule has 3 nitrogen and oxygen atoms in total. The minimum Gasteiger partial charge on any atom is -0.462 e. The topological polar surface area (TPSA) is 29.5 Å². The van der Waals surface area contributed by atoms with Crippen molar-refractivity contribution in [2.24, 2.45) is 0 Å². The Labute approximate surface area is 220 Å². The van der Waals surface area contributed by atoms with Crippen LogP contribution in [0.1, 0.15) is 35.3 Å². The molecule has 5 heteroatoms. The van der Waals surface area contributed by atoms with Gasteiger partial charge in [-0.15, -0.1) is 11.8 Å². The summed E-state index contributed by atoms with van der Waals surface area (Å²) in [6, 6.07) is 36.0. The number of fused-ring (bicyclic) bond motifs is 3. The summed E-state index contributed by atoms with van der Waals surface area (Å²) < 4.78 is 7.09. The number of ether oxygens (including phenoxy) is 1. The number of halogens is 1. The molecule has 0 bridgehead atoms. The maximum Gasteiger partial charge on any atom is 0.261 e. The molecule has 0 saturated carbocycles. The van der Waals surface area contributed by atoms with Gasteiger partial charge in [0.15, 0.2) is 0 Å². The quantitative estimate of drug-likeness (QED) is 0.278. The SMILES string of the molecule is CC1=C(c2ccccc2)O[C@]2(c3ccccc3)C[C@H](c3ccccc3Cl)Sc3ccccc3N2C1=O. The number of carbonyl (C=O) groups is 1.